The molecule has 0 saturated carbocycles. The summed E-state index contributed by atoms with van der Waals surface area (Å²) in [6.07, 6.45) is -0.0000171. The lowest BCUT2D eigenvalue weighted by atomic mass is 9.82. The normalized spacial score (nSPS) is 12.6. The molecule has 0 spiro atoms. The lowest BCUT2D eigenvalue weighted by Gasteiger charge is -2.20. The molecule has 0 aromatic heterocycles. The minimum Gasteiger partial charge on any atom is -0.326 e. The molecule has 5 heteroatoms. The van der Waals surface area contributed by atoms with E-state index < -0.39 is 17.7 Å². The summed E-state index contributed by atoms with van der Waals surface area (Å²) < 4.78 is 13.3. The average molecular weight is 417 g/mol. The summed E-state index contributed by atoms with van der Waals surface area (Å²) >= 11 is 0. The molecule has 3 rings (SSSR count). The lowest BCUT2D eigenvalue weighted by molar-refractivity contribution is -0.127. The maximum atomic E-state index is 13.3. The number of halogens is 1. The Kier molecular flexibility index (Phi) is 7.44. The zero-order valence-corrected chi connectivity index (χ0v) is 17.3. The maximum Gasteiger partial charge on any atom is 0.231 e. The molecule has 2 unspecified atom stereocenters. The molecule has 2 atom stereocenters. The molecular formula is C26H24FNO3. The van der Waals surface area contributed by atoms with Gasteiger partial charge in [0.2, 0.25) is 5.91 Å². The third kappa shape index (κ3) is 6.19. The monoisotopic (exact) mass is 417 g/mol. The lowest BCUT2D eigenvalue weighted by Crippen LogP contribution is -2.24. The number of carbonyl (C=O) groups is 3. The van der Waals surface area contributed by atoms with E-state index in [9.17, 15) is 18.8 Å². The summed E-state index contributed by atoms with van der Waals surface area (Å²) in [4.78, 5) is 38.1. The highest BCUT2D eigenvalue weighted by Gasteiger charge is 2.27. The Morgan fingerprint density at radius 3 is 2.03 bits per heavy atom. The van der Waals surface area contributed by atoms with E-state index in [1.54, 1.807) is 31.2 Å². The van der Waals surface area contributed by atoms with Crippen LogP contribution in [0.25, 0.3) is 0 Å². The van der Waals surface area contributed by atoms with E-state index in [0.717, 1.165) is 5.56 Å². The molecule has 0 aliphatic carbocycles. The number of ketones is 2. The summed E-state index contributed by atoms with van der Waals surface area (Å²) in [5.74, 6) is -2.29. The molecule has 1 amide bonds. The third-order valence-corrected chi connectivity index (χ3v) is 5.18. The van der Waals surface area contributed by atoms with Gasteiger partial charge in [0.25, 0.3) is 0 Å². The number of carbonyl (C=O) groups excluding carboxylic acids is 3. The second-order valence-electron chi connectivity index (χ2n) is 7.53. The number of nitrogens with one attached hydrogen (secondary N) is 1. The highest BCUT2D eigenvalue weighted by Crippen LogP contribution is 2.29. The van der Waals surface area contributed by atoms with Gasteiger partial charge in [0.15, 0.2) is 5.78 Å². The average Bonchev–Trinajstić information content (AvgIpc) is 2.78. The molecule has 0 heterocycles. The van der Waals surface area contributed by atoms with Crippen LogP contribution in [-0.4, -0.2) is 17.5 Å². The van der Waals surface area contributed by atoms with Crippen LogP contribution in [0, 0.1) is 11.7 Å². The smallest absolute Gasteiger partial charge is 0.231 e. The van der Waals surface area contributed by atoms with Crippen molar-refractivity contribution in [3.8, 4) is 0 Å². The fourth-order valence-corrected chi connectivity index (χ4v) is 3.44. The van der Waals surface area contributed by atoms with Gasteiger partial charge in [-0.15, -0.1) is 0 Å². The fourth-order valence-electron chi connectivity index (χ4n) is 3.44. The second-order valence-corrected chi connectivity index (χ2v) is 7.53. The van der Waals surface area contributed by atoms with E-state index >= 15 is 0 Å². The number of anilines is 1. The van der Waals surface area contributed by atoms with Crippen molar-refractivity contribution < 1.29 is 18.8 Å². The predicted molar refractivity (Wildman–Crippen MR) is 118 cm³/mol. The zero-order valence-electron chi connectivity index (χ0n) is 17.3. The molecule has 0 saturated heterocycles. The Hall–Kier alpha value is -3.60. The van der Waals surface area contributed by atoms with Gasteiger partial charge in [-0.05, 0) is 48.4 Å². The van der Waals surface area contributed by atoms with E-state index in [1.807, 2.05) is 36.4 Å². The Morgan fingerprint density at radius 2 is 1.42 bits per heavy atom. The van der Waals surface area contributed by atoms with Crippen molar-refractivity contribution in [1.29, 1.82) is 0 Å². The summed E-state index contributed by atoms with van der Waals surface area (Å²) in [6, 6.07) is 23.5. The van der Waals surface area contributed by atoms with Crippen molar-refractivity contribution in [3.05, 3.63) is 102 Å². The molecule has 0 aliphatic rings. The summed E-state index contributed by atoms with van der Waals surface area (Å²) in [5.41, 5.74) is 1.79. The van der Waals surface area contributed by atoms with Crippen molar-refractivity contribution in [2.45, 2.75) is 25.7 Å². The molecule has 0 bridgehead atoms. The SMILES string of the molecule is CC(CC(C(=O)c1ccc(F)cc1)c1ccccc1)C(=O)CC(=O)Nc1ccccc1. The molecule has 0 radical (unpaired) electrons. The molecule has 158 valence electrons. The number of rotatable bonds is 9. The van der Waals surface area contributed by atoms with Crippen LogP contribution in [-0.2, 0) is 9.59 Å². The summed E-state index contributed by atoms with van der Waals surface area (Å²) in [6.45, 7) is 1.73. The van der Waals surface area contributed by atoms with Crippen LogP contribution < -0.4 is 5.32 Å². The van der Waals surface area contributed by atoms with Gasteiger partial charge in [-0.3, -0.25) is 14.4 Å². The van der Waals surface area contributed by atoms with Crippen molar-refractivity contribution in [1.82, 2.24) is 0 Å². The highest BCUT2D eigenvalue weighted by atomic mass is 19.1. The Bertz CT molecular complexity index is 1030. The van der Waals surface area contributed by atoms with Gasteiger partial charge in [0.1, 0.15) is 11.6 Å². The first-order valence-corrected chi connectivity index (χ1v) is 10.2. The van der Waals surface area contributed by atoms with E-state index in [4.69, 9.17) is 0 Å². The van der Waals surface area contributed by atoms with Gasteiger partial charge in [-0.1, -0.05) is 55.5 Å². The topological polar surface area (TPSA) is 63.2 Å². The van der Waals surface area contributed by atoms with Crippen LogP contribution in [0.15, 0.2) is 84.9 Å². The van der Waals surface area contributed by atoms with E-state index in [1.165, 1.54) is 24.3 Å². The van der Waals surface area contributed by atoms with E-state index in [2.05, 4.69) is 5.32 Å². The Morgan fingerprint density at radius 1 is 0.839 bits per heavy atom. The number of hydrogen-bond acceptors (Lipinski definition) is 3. The maximum absolute atomic E-state index is 13.3. The van der Waals surface area contributed by atoms with Gasteiger partial charge in [-0.25, -0.2) is 4.39 Å². The van der Waals surface area contributed by atoms with Crippen molar-refractivity contribution in [2.24, 2.45) is 5.92 Å². The number of hydrogen-bond donors (Lipinski definition) is 1. The first-order chi connectivity index (χ1) is 14.9. The van der Waals surface area contributed by atoms with Crippen LogP contribution in [0.2, 0.25) is 0 Å². The van der Waals surface area contributed by atoms with Crippen LogP contribution in [0.3, 0.4) is 0 Å². The fraction of sp³-hybridized carbons (Fsp3) is 0.192. The van der Waals surface area contributed by atoms with Crippen molar-refractivity contribution in [3.63, 3.8) is 0 Å². The number of benzene rings is 3. The van der Waals surface area contributed by atoms with Gasteiger partial charge in [0, 0.05) is 23.1 Å². The molecule has 3 aromatic carbocycles. The largest absolute Gasteiger partial charge is 0.326 e. The van der Waals surface area contributed by atoms with Gasteiger partial charge in [0.05, 0.1) is 6.42 Å². The van der Waals surface area contributed by atoms with Crippen molar-refractivity contribution >= 4 is 23.2 Å². The predicted octanol–water partition coefficient (Wildman–Crippen LogP) is 5.42. The second kappa shape index (κ2) is 10.4. The molecular weight excluding hydrogens is 393 g/mol. The first-order valence-electron chi connectivity index (χ1n) is 10.2. The first kappa shape index (κ1) is 22.1. The van der Waals surface area contributed by atoms with Crippen molar-refractivity contribution in [2.75, 3.05) is 5.32 Å². The van der Waals surface area contributed by atoms with E-state index in [-0.39, 0.29) is 30.3 Å². The number of Topliss-reactive ketones (excluding diaryl/α,β-unsaturated/α-hetero) is 2. The molecule has 3 aromatic rings. The molecule has 0 fully saturated rings. The van der Waals surface area contributed by atoms with Crippen LogP contribution in [0.5, 0.6) is 0 Å². The van der Waals surface area contributed by atoms with Gasteiger partial charge >= 0.3 is 0 Å². The minimum absolute atomic E-state index is 0.181. The third-order valence-electron chi connectivity index (χ3n) is 5.18. The Balaban J connectivity index is 1.71. The number of amides is 1. The van der Waals surface area contributed by atoms with Gasteiger partial charge in [-0.2, -0.15) is 0 Å². The summed E-state index contributed by atoms with van der Waals surface area (Å²) in [5, 5.41) is 2.70. The van der Waals surface area contributed by atoms with Crippen LogP contribution >= 0.6 is 0 Å². The van der Waals surface area contributed by atoms with Crippen LogP contribution in [0.4, 0.5) is 10.1 Å². The number of para-hydroxylation sites is 1. The minimum atomic E-state index is -0.567. The molecule has 31 heavy (non-hydrogen) atoms. The standard InChI is InChI=1S/C26H24FNO3/c1-18(24(29)17-25(30)28-22-10-6-3-7-11-22)16-23(19-8-4-2-5-9-19)26(31)20-12-14-21(27)15-13-20/h2-15,18,23H,16-17H2,1H3,(H,28,30). The van der Waals surface area contributed by atoms with Gasteiger partial charge < -0.3 is 5.32 Å². The zero-order chi connectivity index (χ0) is 22.2. The quantitative estimate of drug-likeness (QED) is 0.374. The Labute approximate surface area is 181 Å². The molecule has 0 aliphatic heterocycles. The molecule has 4 nitrogen and oxygen atoms in total. The molecule has 1 N–H and O–H groups in total. The summed E-state index contributed by atoms with van der Waals surface area (Å²) in [7, 11) is 0. The highest BCUT2D eigenvalue weighted by molar-refractivity contribution is 6.05. The van der Waals surface area contributed by atoms with Crippen LogP contribution in [0.1, 0.15) is 41.6 Å². The van der Waals surface area contributed by atoms with E-state index in [0.29, 0.717) is 11.3 Å².